The third-order valence-corrected chi connectivity index (χ3v) is 3.05. The van der Waals surface area contributed by atoms with Gasteiger partial charge in [0.05, 0.1) is 12.1 Å². The van der Waals surface area contributed by atoms with Crippen LogP contribution in [0.1, 0.15) is 19.7 Å². The van der Waals surface area contributed by atoms with E-state index in [1.165, 1.54) is 0 Å². The number of β-amino-alcohol motifs (C(OH)–C–C–N with tert-alkyl or cyclic N) is 1. The molecule has 82 valence electrons. The SMILES string of the molecule is CC(C)C1(O)CN(Cc2ncccn2)C1. The Balaban J connectivity index is 1.86. The molecule has 0 atom stereocenters. The summed E-state index contributed by atoms with van der Waals surface area (Å²) in [7, 11) is 0. The molecule has 0 radical (unpaired) electrons. The van der Waals surface area contributed by atoms with Crippen molar-refractivity contribution in [3.8, 4) is 0 Å². The summed E-state index contributed by atoms with van der Waals surface area (Å²) >= 11 is 0. The molecule has 1 fully saturated rings. The van der Waals surface area contributed by atoms with Crippen LogP contribution in [-0.2, 0) is 6.54 Å². The van der Waals surface area contributed by atoms with E-state index in [0.29, 0.717) is 5.92 Å². The molecule has 1 saturated heterocycles. The Morgan fingerprint density at radius 1 is 1.40 bits per heavy atom. The van der Waals surface area contributed by atoms with Gasteiger partial charge in [-0.1, -0.05) is 13.8 Å². The maximum atomic E-state index is 10.1. The highest BCUT2D eigenvalue weighted by molar-refractivity contribution is 5.00. The van der Waals surface area contributed by atoms with Crippen molar-refractivity contribution in [1.82, 2.24) is 14.9 Å². The van der Waals surface area contributed by atoms with E-state index >= 15 is 0 Å². The first-order chi connectivity index (χ1) is 7.10. The predicted molar refractivity (Wildman–Crippen MR) is 57.1 cm³/mol. The van der Waals surface area contributed by atoms with Gasteiger partial charge in [0.1, 0.15) is 5.82 Å². The molecule has 0 saturated carbocycles. The van der Waals surface area contributed by atoms with Crippen molar-refractivity contribution in [3.05, 3.63) is 24.3 Å². The van der Waals surface area contributed by atoms with Gasteiger partial charge in [-0.15, -0.1) is 0 Å². The summed E-state index contributed by atoms with van der Waals surface area (Å²) in [6.45, 7) is 6.29. The minimum atomic E-state index is -0.505. The van der Waals surface area contributed by atoms with Crippen molar-refractivity contribution < 1.29 is 5.11 Å². The van der Waals surface area contributed by atoms with Gasteiger partial charge in [0.25, 0.3) is 0 Å². The number of nitrogens with zero attached hydrogens (tertiary/aromatic N) is 3. The van der Waals surface area contributed by atoms with E-state index in [1.807, 2.05) is 6.07 Å². The summed E-state index contributed by atoms with van der Waals surface area (Å²) < 4.78 is 0. The molecule has 1 aromatic heterocycles. The van der Waals surface area contributed by atoms with Crippen molar-refractivity contribution >= 4 is 0 Å². The van der Waals surface area contributed by atoms with Gasteiger partial charge in [-0.3, -0.25) is 4.90 Å². The monoisotopic (exact) mass is 207 g/mol. The Morgan fingerprint density at radius 3 is 2.53 bits per heavy atom. The first kappa shape index (κ1) is 10.5. The number of aliphatic hydroxyl groups is 1. The third kappa shape index (κ3) is 2.16. The molecule has 1 aliphatic rings. The molecule has 1 aromatic rings. The zero-order valence-corrected chi connectivity index (χ0v) is 9.22. The average Bonchev–Trinajstić information content (AvgIpc) is 2.16. The van der Waals surface area contributed by atoms with Crippen LogP contribution in [0.3, 0.4) is 0 Å². The van der Waals surface area contributed by atoms with Crippen LogP contribution in [-0.4, -0.2) is 38.7 Å². The summed E-state index contributed by atoms with van der Waals surface area (Å²) in [4.78, 5) is 10.5. The fourth-order valence-corrected chi connectivity index (χ4v) is 1.82. The molecule has 0 aromatic carbocycles. The zero-order chi connectivity index (χ0) is 10.9. The van der Waals surface area contributed by atoms with Crippen molar-refractivity contribution in [2.24, 2.45) is 5.92 Å². The van der Waals surface area contributed by atoms with Crippen LogP contribution in [0, 0.1) is 5.92 Å². The molecule has 0 spiro atoms. The van der Waals surface area contributed by atoms with E-state index in [2.05, 4.69) is 28.7 Å². The number of hydrogen-bond donors (Lipinski definition) is 1. The summed E-state index contributed by atoms with van der Waals surface area (Å²) in [5.41, 5.74) is -0.505. The number of hydrogen-bond acceptors (Lipinski definition) is 4. The Kier molecular flexibility index (Phi) is 2.71. The van der Waals surface area contributed by atoms with Gasteiger partial charge in [0.15, 0.2) is 0 Å². The number of rotatable bonds is 3. The Morgan fingerprint density at radius 2 is 2.00 bits per heavy atom. The zero-order valence-electron chi connectivity index (χ0n) is 9.22. The summed E-state index contributed by atoms with van der Waals surface area (Å²) in [6, 6.07) is 1.81. The summed E-state index contributed by atoms with van der Waals surface area (Å²) in [6.07, 6.45) is 3.49. The quantitative estimate of drug-likeness (QED) is 0.792. The molecule has 0 unspecified atom stereocenters. The fourth-order valence-electron chi connectivity index (χ4n) is 1.82. The van der Waals surface area contributed by atoms with E-state index in [-0.39, 0.29) is 0 Å². The van der Waals surface area contributed by atoms with Gasteiger partial charge in [-0.25, -0.2) is 9.97 Å². The first-order valence-corrected chi connectivity index (χ1v) is 5.31. The summed E-state index contributed by atoms with van der Waals surface area (Å²) in [5.74, 6) is 1.13. The van der Waals surface area contributed by atoms with Crippen LogP contribution in [0.2, 0.25) is 0 Å². The summed E-state index contributed by atoms with van der Waals surface area (Å²) in [5, 5.41) is 10.1. The topological polar surface area (TPSA) is 49.2 Å². The lowest BCUT2D eigenvalue weighted by molar-refractivity contribution is -0.131. The molecule has 2 rings (SSSR count). The van der Waals surface area contributed by atoms with E-state index in [1.54, 1.807) is 12.4 Å². The Bertz CT molecular complexity index is 320. The van der Waals surface area contributed by atoms with Gasteiger partial charge in [-0.2, -0.15) is 0 Å². The van der Waals surface area contributed by atoms with Gasteiger partial charge in [0, 0.05) is 25.5 Å². The second kappa shape index (κ2) is 3.87. The second-order valence-corrected chi connectivity index (χ2v) is 4.57. The number of aromatic nitrogens is 2. The fraction of sp³-hybridized carbons (Fsp3) is 0.636. The van der Waals surface area contributed by atoms with E-state index in [0.717, 1.165) is 25.5 Å². The molecular formula is C11H17N3O. The molecular weight excluding hydrogens is 190 g/mol. The van der Waals surface area contributed by atoms with E-state index < -0.39 is 5.60 Å². The molecule has 4 heteroatoms. The third-order valence-electron chi connectivity index (χ3n) is 3.05. The molecule has 4 nitrogen and oxygen atoms in total. The molecule has 1 aliphatic heterocycles. The Labute approximate surface area is 90.0 Å². The second-order valence-electron chi connectivity index (χ2n) is 4.57. The molecule has 1 N–H and O–H groups in total. The lowest BCUT2D eigenvalue weighted by atomic mass is 9.83. The van der Waals surface area contributed by atoms with Gasteiger partial charge in [0.2, 0.25) is 0 Å². The highest BCUT2D eigenvalue weighted by atomic mass is 16.3. The highest BCUT2D eigenvalue weighted by Gasteiger charge is 2.43. The maximum absolute atomic E-state index is 10.1. The molecule has 0 amide bonds. The minimum absolute atomic E-state index is 0.311. The average molecular weight is 207 g/mol. The molecule has 0 aliphatic carbocycles. The lowest BCUT2D eigenvalue weighted by Crippen LogP contribution is -2.63. The van der Waals surface area contributed by atoms with Crippen LogP contribution < -0.4 is 0 Å². The van der Waals surface area contributed by atoms with Crippen molar-refractivity contribution in [3.63, 3.8) is 0 Å². The van der Waals surface area contributed by atoms with Crippen molar-refractivity contribution in [1.29, 1.82) is 0 Å². The first-order valence-electron chi connectivity index (χ1n) is 5.31. The highest BCUT2D eigenvalue weighted by Crippen LogP contribution is 2.29. The molecule has 2 heterocycles. The minimum Gasteiger partial charge on any atom is -0.387 e. The smallest absolute Gasteiger partial charge is 0.142 e. The van der Waals surface area contributed by atoms with E-state index in [4.69, 9.17) is 0 Å². The van der Waals surface area contributed by atoms with Crippen LogP contribution in [0.4, 0.5) is 0 Å². The van der Waals surface area contributed by atoms with Crippen LogP contribution in [0.15, 0.2) is 18.5 Å². The maximum Gasteiger partial charge on any atom is 0.142 e. The predicted octanol–water partition coefficient (Wildman–Crippen LogP) is 0.679. The Hall–Kier alpha value is -1.00. The normalized spacial score (nSPS) is 20.3. The van der Waals surface area contributed by atoms with Crippen LogP contribution in [0.5, 0.6) is 0 Å². The van der Waals surface area contributed by atoms with Crippen LogP contribution in [0.25, 0.3) is 0 Å². The van der Waals surface area contributed by atoms with Gasteiger partial charge >= 0.3 is 0 Å². The largest absolute Gasteiger partial charge is 0.387 e. The van der Waals surface area contributed by atoms with E-state index in [9.17, 15) is 5.11 Å². The molecule has 0 bridgehead atoms. The van der Waals surface area contributed by atoms with Crippen molar-refractivity contribution in [2.75, 3.05) is 13.1 Å². The molecule has 15 heavy (non-hydrogen) atoms. The standard InChI is InChI=1S/C11H17N3O/c1-9(2)11(15)7-14(8-11)6-10-12-4-3-5-13-10/h3-5,9,15H,6-8H2,1-2H3. The van der Waals surface area contributed by atoms with Crippen molar-refractivity contribution in [2.45, 2.75) is 26.0 Å². The van der Waals surface area contributed by atoms with Crippen LogP contribution >= 0.6 is 0 Å². The lowest BCUT2D eigenvalue weighted by Gasteiger charge is -2.48. The number of likely N-dealkylation sites (tertiary alicyclic amines) is 1. The van der Waals surface area contributed by atoms with Gasteiger partial charge < -0.3 is 5.11 Å². The van der Waals surface area contributed by atoms with Gasteiger partial charge in [-0.05, 0) is 12.0 Å².